The highest BCUT2D eigenvalue weighted by atomic mass is 16.2. The predicted octanol–water partition coefficient (Wildman–Crippen LogP) is 3.21. The van der Waals surface area contributed by atoms with Gasteiger partial charge in [-0.2, -0.15) is 5.10 Å². The number of aromatic nitrogens is 3. The third-order valence-corrected chi connectivity index (χ3v) is 4.76. The van der Waals surface area contributed by atoms with Gasteiger partial charge in [-0.1, -0.05) is 42.5 Å². The second-order valence-corrected chi connectivity index (χ2v) is 6.66. The maximum absolute atomic E-state index is 12.9. The van der Waals surface area contributed by atoms with Crippen molar-refractivity contribution in [2.45, 2.75) is 13.1 Å². The van der Waals surface area contributed by atoms with Gasteiger partial charge in [0.05, 0.1) is 18.3 Å². The number of rotatable bonds is 5. The molecule has 28 heavy (non-hydrogen) atoms. The third-order valence-electron chi connectivity index (χ3n) is 4.76. The van der Waals surface area contributed by atoms with E-state index in [0.717, 1.165) is 27.8 Å². The van der Waals surface area contributed by atoms with Crippen LogP contribution in [0, 0.1) is 0 Å². The largest absolute Gasteiger partial charge is 0.326 e. The van der Waals surface area contributed by atoms with Crippen molar-refractivity contribution in [3.63, 3.8) is 0 Å². The highest BCUT2D eigenvalue weighted by molar-refractivity contribution is 6.06. The zero-order valence-electron chi connectivity index (χ0n) is 15.6. The van der Waals surface area contributed by atoms with Gasteiger partial charge in [-0.15, -0.1) is 0 Å². The number of benzene rings is 2. The molecule has 2 aromatic carbocycles. The molecule has 0 radical (unpaired) electrons. The number of hydrogen-bond donors (Lipinski definition) is 1. The van der Waals surface area contributed by atoms with Crippen LogP contribution in [-0.4, -0.2) is 27.7 Å². The lowest BCUT2D eigenvalue weighted by Gasteiger charge is -2.17. The van der Waals surface area contributed by atoms with Crippen LogP contribution in [0.25, 0.3) is 11.0 Å². The summed E-state index contributed by atoms with van der Waals surface area (Å²) in [4.78, 5) is 19.0. The van der Waals surface area contributed by atoms with Crippen molar-refractivity contribution in [3.8, 4) is 0 Å². The summed E-state index contributed by atoms with van der Waals surface area (Å²) in [5.74, 6) is -0.120. The van der Waals surface area contributed by atoms with Crippen LogP contribution in [0.5, 0.6) is 0 Å². The fourth-order valence-electron chi connectivity index (χ4n) is 3.13. The maximum atomic E-state index is 12.9. The number of anilines is 1. The smallest absolute Gasteiger partial charge is 0.259 e. The van der Waals surface area contributed by atoms with Crippen LogP contribution in [0.4, 0.5) is 5.69 Å². The van der Waals surface area contributed by atoms with Gasteiger partial charge in [0.1, 0.15) is 0 Å². The minimum Gasteiger partial charge on any atom is -0.326 e. The molecule has 140 valence electrons. The van der Waals surface area contributed by atoms with Crippen LogP contribution >= 0.6 is 0 Å². The Kier molecular flexibility index (Phi) is 4.87. The van der Waals surface area contributed by atoms with Crippen LogP contribution in [0.1, 0.15) is 21.5 Å². The van der Waals surface area contributed by atoms with Crippen LogP contribution in [0.3, 0.4) is 0 Å². The molecule has 6 nitrogen and oxygen atoms in total. The summed E-state index contributed by atoms with van der Waals surface area (Å²) in [7, 11) is 1.75. The number of amides is 1. The molecule has 0 atom stereocenters. The summed E-state index contributed by atoms with van der Waals surface area (Å²) in [6.07, 6.45) is 3.36. The molecule has 2 N–H and O–H groups in total. The van der Waals surface area contributed by atoms with E-state index in [0.29, 0.717) is 18.7 Å². The zero-order valence-corrected chi connectivity index (χ0v) is 15.6. The first kappa shape index (κ1) is 17.9. The molecule has 0 fully saturated rings. The molecule has 2 aromatic heterocycles. The molecule has 6 heteroatoms. The Labute approximate surface area is 163 Å². The summed E-state index contributed by atoms with van der Waals surface area (Å²) in [6.45, 7) is 1.11. The van der Waals surface area contributed by atoms with Crippen LogP contribution in [-0.2, 0) is 13.1 Å². The van der Waals surface area contributed by atoms with Gasteiger partial charge >= 0.3 is 0 Å². The highest BCUT2D eigenvalue weighted by Crippen LogP contribution is 2.19. The first-order chi connectivity index (χ1) is 13.7. The molecule has 0 aliphatic rings. The Morgan fingerprint density at radius 3 is 2.50 bits per heavy atom. The molecular formula is C22H21N5O. The lowest BCUT2D eigenvalue weighted by molar-refractivity contribution is 0.0993. The summed E-state index contributed by atoms with van der Waals surface area (Å²) in [6, 6.07) is 19.6. The zero-order chi connectivity index (χ0) is 19.5. The molecular weight excluding hydrogens is 350 g/mol. The topological polar surface area (TPSA) is 77.0 Å². The van der Waals surface area contributed by atoms with E-state index in [1.165, 1.54) is 0 Å². The Bertz CT molecular complexity index is 1100. The number of fused-ring (bicyclic) bond motifs is 1. The quantitative estimate of drug-likeness (QED) is 0.584. The molecule has 0 aliphatic heterocycles. The molecule has 2 heterocycles. The van der Waals surface area contributed by atoms with E-state index in [1.807, 2.05) is 53.2 Å². The van der Waals surface area contributed by atoms with Gasteiger partial charge in [0.25, 0.3) is 5.91 Å². The normalized spacial score (nSPS) is 10.9. The summed E-state index contributed by atoms with van der Waals surface area (Å²) < 4.78 is 1.84. The Hall–Kier alpha value is -3.51. The van der Waals surface area contributed by atoms with Crippen molar-refractivity contribution in [1.82, 2.24) is 14.8 Å². The van der Waals surface area contributed by atoms with Crippen molar-refractivity contribution in [2.75, 3.05) is 11.9 Å². The van der Waals surface area contributed by atoms with Crippen molar-refractivity contribution in [2.24, 2.45) is 5.73 Å². The number of pyridine rings is 1. The van der Waals surface area contributed by atoms with E-state index < -0.39 is 0 Å². The lowest BCUT2D eigenvalue weighted by atomic mass is 10.1. The van der Waals surface area contributed by atoms with Gasteiger partial charge in [-0.05, 0) is 29.3 Å². The number of nitrogens with two attached hydrogens (primary N) is 1. The number of hydrogen-bond acceptors (Lipinski definition) is 4. The molecule has 0 saturated carbocycles. The van der Waals surface area contributed by atoms with E-state index in [2.05, 4.69) is 22.2 Å². The number of nitrogens with zero attached hydrogens (tertiary/aromatic N) is 4. The van der Waals surface area contributed by atoms with E-state index in [9.17, 15) is 4.79 Å². The van der Waals surface area contributed by atoms with Crippen molar-refractivity contribution < 1.29 is 4.79 Å². The third kappa shape index (κ3) is 3.50. The molecule has 1 amide bonds. The SMILES string of the molecule is CN(C(=O)c1cnc2c(cnn2Cc2ccccc2)c1)c1ccc(CN)cc1. The van der Waals surface area contributed by atoms with Crippen molar-refractivity contribution >= 4 is 22.6 Å². The van der Waals surface area contributed by atoms with E-state index in [4.69, 9.17) is 5.73 Å². The Balaban J connectivity index is 1.58. The average molecular weight is 371 g/mol. The fraction of sp³-hybridized carbons (Fsp3) is 0.136. The number of carbonyl (C=O) groups is 1. The minimum atomic E-state index is -0.120. The molecule has 4 aromatic rings. The van der Waals surface area contributed by atoms with Gasteiger partial charge < -0.3 is 10.6 Å². The van der Waals surface area contributed by atoms with Gasteiger partial charge in [0, 0.05) is 30.9 Å². The molecule has 0 saturated heterocycles. The highest BCUT2D eigenvalue weighted by Gasteiger charge is 2.16. The average Bonchev–Trinajstić information content (AvgIpc) is 3.15. The van der Waals surface area contributed by atoms with Crippen LogP contribution in [0.2, 0.25) is 0 Å². The van der Waals surface area contributed by atoms with Crippen LogP contribution in [0.15, 0.2) is 73.1 Å². The molecule has 4 rings (SSSR count). The Morgan fingerprint density at radius 2 is 1.79 bits per heavy atom. The van der Waals surface area contributed by atoms with Gasteiger partial charge in [0.2, 0.25) is 0 Å². The molecule has 0 unspecified atom stereocenters. The first-order valence-corrected chi connectivity index (χ1v) is 9.08. The van der Waals surface area contributed by atoms with E-state index >= 15 is 0 Å². The summed E-state index contributed by atoms with van der Waals surface area (Å²) in [5, 5.41) is 5.27. The standard InChI is InChI=1S/C22H21N5O/c1-26(20-9-7-16(12-23)8-10-20)22(28)19-11-18-14-25-27(21(18)24-13-19)15-17-5-3-2-4-6-17/h2-11,13-14H,12,15,23H2,1H3. The van der Waals surface area contributed by atoms with E-state index in [1.54, 1.807) is 24.3 Å². The van der Waals surface area contributed by atoms with Crippen molar-refractivity contribution in [1.29, 1.82) is 0 Å². The van der Waals surface area contributed by atoms with Crippen LogP contribution < -0.4 is 10.6 Å². The summed E-state index contributed by atoms with van der Waals surface area (Å²) >= 11 is 0. The maximum Gasteiger partial charge on any atom is 0.259 e. The first-order valence-electron chi connectivity index (χ1n) is 9.08. The second kappa shape index (κ2) is 7.62. The number of carbonyl (C=O) groups excluding carboxylic acids is 1. The molecule has 0 bridgehead atoms. The van der Waals surface area contributed by atoms with Gasteiger partial charge in [-0.25, -0.2) is 9.67 Å². The minimum absolute atomic E-state index is 0.120. The fourth-order valence-corrected chi connectivity index (χ4v) is 3.13. The lowest BCUT2D eigenvalue weighted by Crippen LogP contribution is -2.26. The predicted molar refractivity (Wildman–Crippen MR) is 110 cm³/mol. The molecule has 0 spiro atoms. The van der Waals surface area contributed by atoms with E-state index in [-0.39, 0.29) is 5.91 Å². The summed E-state index contributed by atoms with van der Waals surface area (Å²) in [5.41, 5.74) is 9.90. The van der Waals surface area contributed by atoms with Gasteiger partial charge in [-0.3, -0.25) is 4.79 Å². The van der Waals surface area contributed by atoms with Gasteiger partial charge in [0.15, 0.2) is 5.65 Å². The van der Waals surface area contributed by atoms with Crippen molar-refractivity contribution in [3.05, 3.63) is 89.7 Å². The second-order valence-electron chi connectivity index (χ2n) is 6.66. The Morgan fingerprint density at radius 1 is 1.04 bits per heavy atom. The molecule has 0 aliphatic carbocycles. The monoisotopic (exact) mass is 371 g/mol.